The number of esters is 1. The summed E-state index contributed by atoms with van der Waals surface area (Å²) in [4.78, 5) is 12.2. The van der Waals surface area contributed by atoms with Gasteiger partial charge in [0.25, 0.3) is 0 Å². The summed E-state index contributed by atoms with van der Waals surface area (Å²) in [6.45, 7) is 7.24. The van der Waals surface area contributed by atoms with E-state index in [9.17, 15) is 13.6 Å². The topological polar surface area (TPSA) is 69.4 Å². The van der Waals surface area contributed by atoms with Crippen LogP contribution in [0.5, 0.6) is 0 Å². The minimum Gasteiger partial charge on any atom is -0.461 e. The smallest absolute Gasteiger partial charge is 0.360 e. The van der Waals surface area contributed by atoms with Crippen LogP contribution in [0, 0.1) is 18.6 Å². The summed E-state index contributed by atoms with van der Waals surface area (Å²) in [6, 6.07) is 3.63. The molecule has 0 spiro atoms. The van der Waals surface area contributed by atoms with E-state index >= 15 is 0 Å². The predicted molar refractivity (Wildman–Crippen MR) is 90.9 cm³/mol. The maximum Gasteiger partial charge on any atom is 0.360 e. The normalized spacial score (nSPS) is 11.3. The van der Waals surface area contributed by atoms with Gasteiger partial charge in [0.2, 0.25) is 0 Å². The highest BCUT2D eigenvalue weighted by Gasteiger charge is 2.27. The zero-order chi connectivity index (χ0) is 19.0. The van der Waals surface area contributed by atoms with E-state index in [-0.39, 0.29) is 35.0 Å². The van der Waals surface area contributed by atoms with Crippen LogP contribution < -0.4 is 0 Å². The van der Waals surface area contributed by atoms with E-state index in [4.69, 9.17) is 4.74 Å². The van der Waals surface area contributed by atoms with Crippen molar-refractivity contribution in [3.05, 3.63) is 46.9 Å². The van der Waals surface area contributed by atoms with Crippen LogP contribution in [-0.2, 0) is 4.74 Å². The Labute approximate surface area is 148 Å². The maximum absolute atomic E-state index is 14.3. The lowest BCUT2D eigenvalue weighted by Crippen LogP contribution is -2.17. The Morgan fingerprint density at radius 2 is 1.85 bits per heavy atom. The summed E-state index contributed by atoms with van der Waals surface area (Å²) < 4.78 is 35.0. The van der Waals surface area contributed by atoms with Crippen molar-refractivity contribution in [3.8, 4) is 11.1 Å². The van der Waals surface area contributed by atoms with Crippen LogP contribution in [0.15, 0.2) is 18.2 Å². The second kappa shape index (κ2) is 6.78. The number of aryl methyl sites for hydroxylation is 1. The fourth-order valence-corrected chi connectivity index (χ4v) is 2.92. The van der Waals surface area contributed by atoms with Crippen LogP contribution in [0.25, 0.3) is 16.8 Å². The summed E-state index contributed by atoms with van der Waals surface area (Å²) in [5, 5.41) is 12.4. The maximum atomic E-state index is 14.3. The van der Waals surface area contributed by atoms with Crippen LogP contribution >= 0.6 is 0 Å². The number of ether oxygens (including phenoxy) is 1. The number of hydrogen-bond donors (Lipinski definition) is 0. The standard InChI is InChI=1S/C18H18F2N4O2/c1-5-26-18(25)15-16(9(2)3)24-17(22-21-15)13(10(4)23-24)14-11(19)7-6-8-12(14)20/h6-9H,5H2,1-4H3. The first-order valence-corrected chi connectivity index (χ1v) is 8.24. The molecule has 0 saturated carbocycles. The molecule has 6 nitrogen and oxygen atoms in total. The van der Waals surface area contributed by atoms with Gasteiger partial charge in [-0.05, 0) is 31.9 Å². The van der Waals surface area contributed by atoms with Gasteiger partial charge in [0.1, 0.15) is 11.6 Å². The number of halogens is 2. The molecule has 136 valence electrons. The number of nitrogens with zero attached hydrogens (tertiary/aromatic N) is 4. The van der Waals surface area contributed by atoms with E-state index < -0.39 is 17.6 Å². The molecule has 3 aromatic rings. The quantitative estimate of drug-likeness (QED) is 0.664. The van der Waals surface area contributed by atoms with Crippen LogP contribution in [-0.4, -0.2) is 32.4 Å². The van der Waals surface area contributed by atoms with Gasteiger partial charge in [-0.15, -0.1) is 10.2 Å². The molecule has 0 aliphatic rings. The molecule has 0 saturated heterocycles. The summed E-state index contributed by atoms with van der Waals surface area (Å²) >= 11 is 0. The third kappa shape index (κ3) is 2.81. The average Bonchev–Trinajstić information content (AvgIpc) is 2.90. The fourth-order valence-electron chi connectivity index (χ4n) is 2.92. The molecule has 3 rings (SSSR count). The summed E-state index contributed by atoms with van der Waals surface area (Å²) in [7, 11) is 0. The number of carbonyl (C=O) groups is 1. The lowest BCUT2D eigenvalue weighted by Gasteiger charge is -2.12. The molecule has 0 fully saturated rings. The monoisotopic (exact) mass is 360 g/mol. The number of hydrogen-bond acceptors (Lipinski definition) is 5. The van der Waals surface area contributed by atoms with Gasteiger partial charge in [-0.3, -0.25) is 0 Å². The molecule has 0 aliphatic heterocycles. The predicted octanol–water partition coefficient (Wildman–Crippen LogP) is 3.68. The van der Waals surface area contributed by atoms with E-state index in [0.29, 0.717) is 11.4 Å². The van der Waals surface area contributed by atoms with Crippen molar-refractivity contribution in [2.24, 2.45) is 0 Å². The summed E-state index contributed by atoms with van der Waals surface area (Å²) in [5.74, 6) is -2.20. The molecule has 0 N–H and O–H groups in total. The molecule has 1 aromatic carbocycles. The van der Waals surface area contributed by atoms with Crippen molar-refractivity contribution in [2.45, 2.75) is 33.6 Å². The number of aromatic nitrogens is 4. The van der Waals surface area contributed by atoms with Crippen molar-refractivity contribution < 1.29 is 18.3 Å². The zero-order valence-corrected chi connectivity index (χ0v) is 14.9. The Hall–Kier alpha value is -2.90. The molecule has 8 heteroatoms. The third-order valence-corrected chi connectivity index (χ3v) is 3.98. The molecule has 0 unspecified atom stereocenters. The zero-order valence-electron chi connectivity index (χ0n) is 14.9. The van der Waals surface area contributed by atoms with Crippen molar-refractivity contribution >= 4 is 11.6 Å². The molecular formula is C18H18F2N4O2. The van der Waals surface area contributed by atoms with E-state index in [1.54, 1.807) is 13.8 Å². The van der Waals surface area contributed by atoms with E-state index in [2.05, 4.69) is 15.3 Å². The van der Waals surface area contributed by atoms with Gasteiger partial charge in [-0.25, -0.2) is 18.1 Å². The first kappa shape index (κ1) is 17.9. The number of fused-ring (bicyclic) bond motifs is 1. The van der Waals surface area contributed by atoms with Gasteiger partial charge < -0.3 is 4.74 Å². The Kier molecular flexibility index (Phi) is 4.67. The molecule has 26 heavy (non-hydrogen) atoms. The fraction of sp³-hybridized carbons (Fsp3) is 0.333. The van der Waals surface area contributed by atoms with Crippen molar-refractivity contribution in [2.75, 3.05) is 6.61 Å². The molecular weight excluding hydrogens is 342 g/mol. The summed E-state index contributed by atoms with van der Waals surface area (Å²) in [5.41, 5.74) is 1.07. The highest BCUT2D eigenvalue weighted by Crippen LogP contribution is 2.33. The Morgan fingerprint density at radius 1 is 1.19 bits per heavy atom. The second-order valence-electron chi connectivity index (χ2n) is 6.10. The van der Waals surface area contributed by atoms with Crippen molar-refractivity contribution in [3.63, 3.8) is 0 Å². The van der Waals surface area contributed by atoms with Gasteiger partial charge in [0.15, 0.2) is 11.3 Å². The van der Waals surface area contributed by atoms with Gasteiger partial charge in [0.05, 0.1) is 29.1 Å². The van der Waals surface area contributed by atoms with Gasteiger partial charge >= 0.3 is 5.97 Å². The lowest BCUT2D eigenvalue weighted by molar-refractivity contribution is 0.0515. The Balaban J connectivity index is 2.35. The Morgan fingerprint density at radius 3 is 2.42 bits per heavy atom. The SMILES string of the molecule is CCOC(=O)c1nnc2c(-c3c(F)cccc3F)c(C)nn2c1C(C)C. The van der Waals surface area contributed by atoms with Crippen LogP contribution in [0.4, 0.5) is 8.78 Å². The van der Waals surface area contributed by atoms with Gasteiger partial charge in [0, 0.05) is 0 Å². The van der Waals surface area contributed by atoms with E-state index in [1.165, 1.54) is 22.7 Å². The van der Waals surface area contributed by atoms with Crippen molar-refractivity contribution in [1.82, 2.24) is 19.8 Å². The number of rotatable bonds is 4. The first-order chi connectivity index (χ1) is 12.4. The lowest BCUT2D eigenvalue weighted by atomic mass is 10.0. The largest absolute Gasteiger partial charge is 0.461 e. The molecule has 0 bridgehead atoms. The minimum atomic E-state index is -0.717. The minimum absolute atomic E-state index is 0.0393. The van der Waals surface area contributed by atoms with Crippen LogP contribution in [0.1, 0.15) is 48.6 Å². The molecule has 2 aromatic heterocycles. The molecule has 0 atom stereocenters. The van der Waals surface area contributed by atoms with Gasteiger partial charge in [-0.1, -0.05) is 19.9 Å². The first-order valence-electron chi connectivity index (χ1n) is 8.24. The molecule has 0 amide bonds. The molecule has 0 radical (unpaired) electrons. The summed E-state index contributed by atoms with van der Waals surface area (Å²) in [6.07, 6.45) is 0. The van der Waals surface area contributed by atoms with Crippen LogP contribution in [0.2, 0.25) is 0 Å². The number of carbonyl (C=O) groups excluding carboxylic acids is 1. The Bertz CT molecular complexity index is 978. The highest BCUT2D eigenvalue weighted by molar-refractivity contribution is 5.89. The molecule has 2 heterocycles. The van der Waals surface area contributed by atoms with E-state index in [1.807, 2.05) is 13.8 Å². The van der Waals surface area contributed by atoms with E-state index in [0.717, 1.165) is 0 Å². The highest BCUT2D eigenvalue weighted by atomic mass is 19.1. The second-order valence-corrected chi connectivity index (χ2v) is 6.10. The number of benzene rings is 1. The van der Waals surface area contributed by atoms with Crippen molar-refractivity contribution in [1.29, 1.82) is 0 Å². The van der Waals surface area contributed by atoms with Gasteiger partial charge in [-0.2, -0.15) is 5.10 Å². The van der Waals surface area contributed by atoms with Crippen LogP contribution in [0.3, 0.4) is 0 Å². The average molecular weight is 360 g/mol. The third-order valence-electron chi connectivity index (χ3n) is 3.98. The molecule has 0 aliphatic carbocycles.